The lowest BCUT2D eigenvalue weighted by atomic mass is 10.2. The zero-order valence-electron chi connectivity index (χ0n) is 11.1. The molecular formula is C13H20BrNO3. The Labute approximate surface area is 117 Å². The Balaban J connectivity index is 2.76. The number of benzene rings is 1. The summed E-state index contributed by atoms with van der Waals surface area (Å²) in [6.45, 7) is 4.77. The van der Waals surface area contributed by atoms with Gasteiger partial charge in [-0.2, -0.15) is 0 Å². The minimum atomic E-state index is 0.153. The first-order valence-electron chi connectivity index (χ1n) is 5.90. The number of phenols is 1. The van der Waals surface area contributed by atoms with Gasteiger partial charge in [-0.05, 0) is 47.6 Å². The van der Waals surface area contributed by atoms with E-state index in [1.54, 1.807) is 7.11 Å². The van der Waals surface area contributed by atoms with Crippen molar-refractivity contribution in [1.82, 2.24) is 4.90 Å². The van der Waals surface area contributed by atoms with Gasteiger partial charge in [0.25, 0.3) is 0 Å². The zero-order valence-corrected chi connectivity index (χ0v) is 12.7. The van der Waals surface area contributed by atoms with Gasteiger partial charge in [-0.3, -0.25) is 4.90 Å². The standard InChI is InChI=1S/C13H20BrNO3/c1-4-18-12-8-10(7-11(14)13(12)16)9-15(2)5-6-17-3/h7-8,16H,4-6,9H2,1-3H3. The van der Waals surface area contributed by atoms with Gasteiger partial charge >= 0.3 is 0 Å². The molecule has 0 amide bonds. The van der Waals surface area contributed by atoms with Crippen LogP contribution in [0.3, 0.4) is 0 Å². The lowest BCUT2D eigenvalue weighted by molar-refractivity contribution is 0.158. The van der Waals surface area contributed by atoms with E-state index in [0.717, 1.165) is 18.7 Å². The molecule has 0 aliphatic heterocycles. The van der Waals surface area contributed by atoms with E-state index in [1.807, 2.05) is 26.1 Å². The lowest BCUT2D eigenvalue weighted by Crippen LogP contribution is -2.22. The molecule has 0 unspecified atom stereocenters. The molecule has 4 nitrogen and oxygen atoms in total. The number of aromatic hydroxyl groups is 1. The molecular weight excluding hydrogens is 298 g/mol. The predicted molar refractivity (Wildman–Crippen MR) is 75.2 cm³/mol. The van der Waals surface area contributed by atoms with Crippen molar-refractivity contribution in [3.8, 4) is 11.5 Å². The van der Waals surface area contributed by atoms with Crippen molar-refractivity contribution in [2.75, 3.05) is 33.9 Å². The number of likely N-dealkylation sites (N-methyl/N-ethyl adjacent to an activating group) is 1. The topological polar surface area (TPSA) is 41.9 Å². The van der Waals surface area contributed by atoms with Crippen molar-refractivity contribution in [2.45, 2.75) is 13.5 Å². The second-order valence-electron chi connectivity index (χ2n) is 4.09. The van der Waals surface area contributed by atoms with Crippen LogP contribution in [0, 0.1) is 0 Å². The Morgan fingerprint density at radius 2 is 2.11 bits per heavy atom. The summed E-state index contributed by atoms with van der Waals surface area (Å²) in [6.07, 6.45) is 0. The molecule has 0 bridgehead atoms. The number of methoxy groups -OCH3 is 1. The molecule has 0 atom stereocenters. The Kier molecular flexibility index (Phi) is 6.46. The van der Waals surface area contributed by atoms with Crippen LogP contribution in [-0.2, 0) is 11.3 Å². The van der Waals surface area contributed by atoms with E-state index in [1.165, 1.54) is 0 Å². The first-order valence-corrected chi connectivity index (χ1v) is 6.69. The molecule has 0 saturated carbocycles. The number of rotatable bonds is 7. The Morgan fingerprint density at radius 3 is 2.72 bits per heavy atom. The number of ether oxygens (including phenoxy) is 2. The Morgan fingerprint density at radius 1 is 1.39 bits per heavy atom. The summed E-state index contributed by atoms with van der Waals surface area (Å²) < 4.78 is 11.1. The van der Waals surface area contributed by atoms with Gasteiger partial charge in [0.2, 0.25) is 0 Å². The van der Waals surface area contributed by atoms with E-state index in [0.29, 0.717) is 23.4 Å². The van der Waals surface area contributed by atoms with Gasteiger partial charge in [-0.1, -0.05) is 0 Å². The molecule has 0 heterocycles. The summed E-state index contributed by atoms with van der Waals surface area (Å²) in [5, 5.41) is 9.82. The third-order valence-electron chi connectivity index (χ3n) is 2.52. The fraction of sp³-hybridized carbons (Fsp3) is 0.538. The van der Waals surface area contributed by atoms with Crippen LogP contribution < -0.4 is 4.74 Å². The minimum Gasteiger partial charge on any atom is -0.503 e. The number of hydrogen-bond acceptors (Lipinski definition) is 4. The summed E-state index contributed by atoms with van der Waals surface area (Å²) in [5.74, 6) is 0.669. The van der Waals surface area contributed by atoms with Gasteiger partial charge in [0.1, 0.15) is 0 Å². The first kappa shape index (κ1) is 15.3. The van der Waals surface area contributed by atoms with Crippen molar-refractivity contribution in [3.05, 3.63) is 22.2 Å². The van der Waals surface area contributed by atoms with Gasteiger partial charge in [-0.25, -0.2) is 0 Å². The van der Waals surface area contributed by atoms with E-state index in [4.69, 9.17) is 9.47 Å². The number of phenolic OH excluding ortho intramolecular Hbond substituents is 1. The maximum atomic E-state index is 9.82. The van der Waals surface area contributed by atoms with Crippen molar-refractivity contribution >= 4 is 15.9 Å². The zero-order chi connectivity index (χ0) is 13.5. The first-order chi connectivity index (χ1) is 8.58. The minimum absolute atomic E-state index is 0.153. The van der Waals surface area contributed by atoms with E-state index < -0.39 is 0 Å². The molecule has 1 N–H and O–H groups in total. The van der Waals surface area contributed by atoms with Crippen molar-refractivity contribution < 1.29 is 14.6 Å². The number of nitrogens with zero attached hydrogens (tertiary/aromatic N) is 1. The van der Waals surface area contributed by atoms with Gasteiger partial charge < -0.3 is 14.6 Å². The highest BCUT2D eigenvalue weighted by atomic mass is 79.9. The van der Waals surface area contributed by atoms with Gasteiger partial charge in [0.15, 0.2) is 11.5 Å². The Hall–Kier alpha value is -0.780. The van der Waals surface area contributed by atoms with Gasteiger partial charge in [-0.15, -0.1) is 0 Å². The smallest absolute Gasteiger partial charge is 0.172 e. The molecule has 0 aromatic heterocycles. The molecule has 0 saturated heterocycles. The summed E-state index contributed by atoms with van der Waals surface area (Å²) in [4.78, 5) is 2.15. The highest BCUT2D eigenvalue weighted by Gasteiger charge is 2.10. The Bertz CT molecular complexity index is 385. The number of halogens is 1. The van der Waals surface area contributed by atoms with E-state index >= 15 is 0 Å². The monoisotopic (exact) mass is 317 g/mol. The van der Waals surface area contributed by atoms with Crippen LogP contribution >= 0.6 is 15.9 Å². The highest BCUT2D eigenvalue weighted by molar-refractivity contribution is 9.10. The van der Waals surface area contributed by atoms with Crippen molar-refractivity contribution in [3.63, 3.8) is 0 Å². The highest BCUT2D eigenvalue weighted by Crippen LogP contribution is 2.35. The quantitative estimate of drug-likeness (QED) is 0.839. The van der Waals surface area contributed by atoms with E-state index in [2.05, 4.69) is 20.8 Å². The summed E-state index contributed by atoms with van der Waals surface area (Å²) >= 11 is 3.34. The molecule has 0 aliphatic carbocycles. The van der Waals surface area contributed by atoms with Crippen molar-refractivity contribution in [2.24, 2.45) is 0 Å². The van der Waals surface area contributed by atoms with Crippen molar-refractivity contribution in [1.29, 1.82) is 0 Å². The van der Waals surface area contributed by atoms with Crippen LogP contribution in [0.25, 0.3) is 0 Å². The average Bonchev–Trinajstić information content (AvgIpc) is 2.33. The van der Waals surface area contributed by atoms with Crippen LogP contribution in [-0.4, -0.2) is 43.9 Å². The molecule has 1 rings (SSSR count). The largest absolute Gasteiger partial charge is 0.503 e. The SMILES string of the molecule is CCOc1cc(CN(C)CCOC)cc(Br)c1O. The molecule has 0 radical (unpaired) electrons. The van der Waals surface area contributed by atoms with E-state index in [-0.39, 0.29) is 5.75 Å². The second-order valence-corrected chi connectivity index (χ2v) is 4.94. The van der Waals surface area contributed by atoms with Crippen LogP contribution in [0.15, 0.2) is 16.6 Å². The number of hydrogen-bond donors (Lipinski definition) is 1. The fourth-order valence-electron chi connectivity index (χ4n) is 1.62. The molecule has 1 aromatic rings. The fourth-order valence-corrected chi connectivity index (χ4v) is 2.11. The van der Waals surface area contributed by atoms with Crippen LogP contribution in [0.2, 0.25) is 0 Å². The molecule has 0 spiro atoms. The normalized spacial score (nSPS) is 10.9. The van der Waals surface area contributed by atoms with Gasteiger partial charge in [0, 0.05) is 20.2 Å². The van der Waals surface area contributed by atoms with Crippen LogP contribution in [0.4, 0.5) is 0 Å². The summed E-state index contributed by atoms with van der Waals surface area (Å²) in [6, 6.07) is 3.77. The second kappa shape index (κ2) is 7.61. The predicted octanol–water partition coefficient (Wildman–Crippen LogP) is 2.63. The summed E-state index contributed by atoms with van der Waals surface area (Å²) in [7, 11) is 3.72. The molecule has 102 valence electrons. The van der Waals surface area contributed by atoms with Crippen LogP contribution in [0.5, 0.6) is 11.5 Å². The third kappa shape index (κ3) is 4.48. The van der Waals surface area contributed by atoms with Crippen LogP contribution in [0.1, 0.15) is 12.5 Å². The maximum Gasteiger partial charge on any atom is 0.172 e. The van der Waals surface area contributed by atoms with E-state index in [9.17, 15) is 5.11 Å². The third-order valence-corrected chi connectivity index (χ3v) is 3.12. The maximum absolute atomic E-state index is 9.82. The lowest BCUT2D eigenvalue weighted by Gasteiger charge is -2.17. The molecule has 0 aliphatic rings. The molecule has 18 heavy (non-hydrogen) atoms. The molecule has 1 aromatic carbocycles. The summed E-state index contributed by atoms with van der Waals surface area (Å²) in [5.41, 5.74) is 1.08. The van der Waals surface area contributed by atoms with Gasteiger partial charge in [0.05, 0.1) is 17.7 Å². The molecule has 0 fully saturated rings. The average molecular weight is 318 g/mol. The molecule has 5 heteroatoms.